The fourth-order valence-electron chi connectivity index (χ4n) is 4.36. The molecule has 0 aromatic heterocycles. The molecule has 2 saturated heterocycles. The Balaban J connectivity index is 1.73. The van der Waals surface area contributed by atoms with Gasteiger partial charge in [-0.3, -0.25) is 19.4 Å². The van der Waals surface area contributed by atoms with Gasteiger partial charge in [0.15, 0.2) is 0 Å². The van der Waals surface area contributed by atoms with Gasteiger partial charge in [0.05, 0.1) is 24.8 Å². The quantitative estimate of drug-likeness (QED) is 0.794. The first-order valence-electron chi connectivity index (χ1n) is 10.0. The summed E-state index contributed by atoms with van der Waals surface area (Å²) in [6.07, 6.45) is 2.47. The summed E-state index contributed by atoms with van der Waals surface area (Å²) in [7, 11) is 4.06. The van der Waals surface area contributed by atoms with Crippen molar-refractivity contribution < 1.29 is 19.4 Å². The Bertz CT molecular complexity index is 669. The number of benzene rings is 1. The number of nitrogens with zero attached hydrogens (tertiary/aromatic N) is 3. The zero-order chi connectivity index (χ0) is 20.1. The van der Waals surface area contributed by atoms with Gasteiger partial charge >= 0.3 is 5.97 Å². The highest BCUT2D eigenvalue weighted by molar-refractivity contribution is 5.85. The molecule has 28 heavy (non-hydrogen) atoms. The average molecular weight is 389 g/mol. The Kier molecular flexibility index (Phi) is 7.04. The van der Waals surface area contributed by atoms with Crippen LogP contribution in [0.4, 0.5) is 0 Å². The molecule has 0 bridgehead atoms. The van der Waals surface area contributed by atoms with E-state index < -0.39 is 5.97 Å². The lowest BCUT2D eigenvalue weighted by Gasteiger charge is -2.42. The number of amides is 1. The van der Waals surface area contributed by atoms with Crippen molar-refractivity contribution in [3.63, 3.8) is 0 Å². The van der Waals surface area contributed by atoms with E-state index in [4.69, 9.17) is 9.84 Å². The van der Waals surface area contributed by atoms with Gasteiger partial charge in [-0.05, 0) is 38.9 Å². The smallest absolute Gasteiger partial charge is 0.323 e. The van der Waals surface area contributed by atoms with Gasteiger partial charge in [0.25, 0.3) is 0 Å². The molecule has 2 aliphatic rings. The van der Waals surface area contributed by atoms with Crippen LogP contribution in [-0.4, -0.2) is 90.7 Å². The summed E-state index contributed by atoms with van der Waals surface area (Å²) < 4.78 is 6.13. The lowest BCUT2D eigenvalue weighted by atomic mass is 9.97. The Morgan fingerprint density at radius 3 is 2.71 bits per heavy atom. The van der Waals surface area contributed by atoms with Crippen molar-refractivity contribution in [2.45, 2.75) is 37.5 Å². The third-order valence-electron chi connectivity index (χ3n) is 5.82. The molecule has 7 nitrogen and oxygen atoms in total. The van der Waals surface area contributed by atoms with Crippen LogP contribution in [0.5, 0.6) is 0 Å². The first-order chi connectivity index (χ1) is 13.5. The van der Waals surface area contributed by atoms with Gasteiger partial charge in [-0.15, -0.1) is 0 Å². The number of likely N-dealkylation sites (N-methyl/N-ethyl adjacent to an activating group) is 2. The van der Waals surface area contributed by atoms with E-state index in [-0.39, 0.29) is 30.6 Å². The summed E-state index contributed by atoms with van der Waals surface area (Å²) >= 11 is 0. The average Bonchev–Trinajstić information content (AvgIpc) is 2.84. The van der Waals surface area contributed by atoms with Crippen molar-refractivity contribution in [3.05, 3.63) is 35.9 Å². The van der Waals surface area contributed by atoms with Gasteiger partial charge < -0.3 is 14.7 Å². The third-order valence-corrected chi connectivity index (χ3v) is 5.82. The van der Waals surface area contributed by atoms with Crippen LogP contribution < -0.4 is 0 Å². The van der Waals surface area contributed by atoms with Crippen molar-refractivity contribution in [3.8, 4) is 0 Å². The predicted molar refractivity (Wildman–Crippen MR) is 106 cm³/mol. The molecular formula is C21H31N3O4. The van der Waals surface area contributed by atoms with Crippen LogP contribution in [0.1, 0.15) is 30.9 Å². The van der Waals surface area contributed by atoms with E-state index in [2.05, 4.69) is 29.0 Å². The minimum absolute atomic E-state index is 0.0462. The molecule has 3 atom stereocenters. The maximum absolute atomic E-state index is 12.9. The Labute approximate surface area is 166 Å². The molecule has 0 aliphatic carbocycles. The van der Waals surface area contributed by atoms with Crippen LogP contribution in [0, 0.1) is 0 Å². The SMILES string of the molecule is CN(C[C@@H]1OCCN(C)[C@H]1c1ccccc1)C1CCCCN(CC(=O)O)C1=O. The number of aliphatic carboxylic acids is 1. The van der Waals surface area contributed by atoms with E-state index in [1.165, 1.54) is 10.5 Å². The number of morpholine rings is 1. The van der Waals surface area contributed by atoms with Crippen LogP contribution >= 0.6 is 0 Å². The molecule has 1 amide bonds. The highest BCUT2D eigenvalue weighted by Gasteiger charge is 2.36. The molecule has 1 unspecified atom stereocenters. The monoisotopic (exact) mass is 389 g/mol. The van der Waals surface area contributed by atoms with Gasteiger partial charge in [-0.2, -0.15) is 0 Å². The fraction of sp³-hybridized carbons (Fsp3) is 0.619. The molecular weight excluding hydrogens is 358 g/mol. The van der Waals surface area contributed by atoms with Crippen LogP contribution in [-0.2, 0) is 14.3 Å². The molecule has 1 N–H and O–H groups in total. The van der Waals surface area contributed by atoms with Crippen LogP contribution in [0.3, 0.4) is 0 Å². The highest BCUT2D eigenvalue weighted by Crippen LogP contribution is 2.29. The van der Waals surface area contributed by atoms with E-state index >= 15 is 0 Å². The van der Waals surface area contributed by atoms with Gasteiger partial charge in [0.1, 0.15) is 6.54 Å². The highest BCUT2D eigenvalue weighted by atomic mass is 16.5. The predicted octanol–water partition coefficient (Wildman–Crippen LogP) is 1.46. The molecule has 7 heteroatoms. The second kappa shape index (κ2) is 9.49. The molecule has 154 valence electrons. The molecule has 0 saturated carbocycles. The van der Waals surface area contributed by atoms with Gasteiger partial charge in [-0.25, -0.2) is 0 Å². The van der Waals surface area contributed by atoms with Crippen LogP contribution in [0.15, 0.2) is 30.3 Å². The number of carboxylic acids is 1. The van der Waals surface area contributed by atoms with Crippen LogP contribution in [0.25, 0.3) is 0 Å². The minimum Gasteiger partial charge on any atom is -0.480 e. The summed E-state index contributed by atoms with van der Waals surface area (Å²) in [4.78, 5) is 29.9. The van der Waals surface area contributed by atoms with Crippen molar-refractivity contribution in [1.29, 1.82) is 0 Å². The number of carbonyl (C=O) groups is 2. The van der Waals surface area contributed by atoms with E-state index in [0.29, 0.717) is 19.7 Å². The third kappa shape index (κ3) is 4.90. The van der Waals surface area contributed by atoms with Gasteiger partial charge in [0, 0.05) is 19.6 Å². The van der Waals surface area contributed by atoms with E-state index in [1.54, 1.807) is 0 Å². The molecule has 1 aromatic carbocycles. The maximum Gasteiger partial charge on any atom is 0.323 e. The largest absolute Gasteiger partial charge is 0.480 e. The molecule has 3 rings (SSSR count). The first kappa shape index (κ1) is 20.8. The number of carbonyl (C=O) groups excluding carboxylic acids is 1. The number of carboxylic acid groups (broad SMARTS) is 1. The Morgan fingerprint density at radius 2 is 2.00 bits per heavy atom. The van der Waals surface area contributed by atoms with E-state index in [0.717, 1.165) is 25.8 Å². The van der Waals surface area contributed by atoms with Crippen molar-refractivity contribution in [2.24, 2.45) is 0 Å². The zero-order valence-electron chi connectivity index (χ0n) is 16.8. The van der Waals surface area contributed by atoms with E-state index in [9.17, 15) is 9.59 Å². The van der Waals surface area contributed by atoms with Crippen molar-refractivity contribution >= 4 is 11.9 Å². The summed E-state index contributed by atoms with van der Waals surface area (Å²) in [5.74, 6) is -1.04. The molecule has 2 fully saturated rings. The first-order valence-corrected chi connectivity index (χ1v) is 10.0. The summed E-state index contributed by atoms with van der Waals surface area (Å²) in [5, 5.41) is 9.12. The summed E-state index contributed by atoms with van der Waals surface area (Å²) in [6.45, 7) is 2.46. The fourth-order valence-corrected chi connectivity index (χ4v) is 4.36. The second-order valence-corrected chi connectivity index (χ2v) is 7.85. The minimum atomic E-state index is -0.960. The molecule has 2 heterocycles. The molecule has 0 spiro atoms. The summed E-state index contributed by atoms with van der Waals surface area (Å²) in [5.41, 5.74) is 1.21. The normalized spacial score (nSPS) is 27.0. The number of likely N-dealkylation sites (tertiary alicyclic amines) is 1. The Hall–Kier alpha value is -1.96. The van der Waals surface area contributed by atoms with Crippen molar-refractivity contribution in [2.75, 3.05) is 46.9 Å². The zero-order valence-corrected chi connectivity index (χ0v) is 16.8. The molecule has 2 aliphatic heterocycles. The molecule has 1 aromatic rings. The topological polar surface area (TPSA) is 73.3 Å². The van der Waals surface area contributed by atoms with Crippen LogP contribution in [0.2, 0.25) is 0 Å². The van der Waals surface area contributed by atoms with E-state index in [1.807, 2.05) is 25.2 Å². The summed E-state index contributed by atoms with van der Waals surface area (Å²) in [6, 6.07) is 10.2. The lowest BCUT2D eigenvalue weighted by molar-refractivity contribution is -0.147. The Morgan fingerprint density at radius 1 is 1.25 bits per heavy atom. The lowest BCUT2D eigenvalue weighted by Crippen LogP contribution is -2.53. The second-order valence-electron chi connectivity index (χ2n) is 7.85. The number of hydrogen-bond donors (Lipinski definition) is 1. The number of rotatable bonds is 6. The standard InChI is InChI=1S/C21H31N3O4/c1-22-12-13-28-18(20(22)16-8-4-3-5-9-16)14-23(2)17-10-6-7-11-24(21(17)27)15-19(25)26/h3-5,8-9,17-18,20H,6-7,10-15H2,1-2H3,(H,25,26)/t17?,18-,20-/m0/s1. The molecule has 0 radical (unpaired) electrons. The number of ether oxygens (including phenoxy) is 1. The number of hydrogen-bond acceptors (Lipinski definition) is 5. The maximum atomic E-state index is 12.9. The van der Waals surface area contributed by atoms with Gasteiger partial charge in [-0.1, -0.05) is 30.3 Å². The van der Waals surface area contributed by atoms with Gasteiger partial charge in [0.2, 0.25) is 5.91 Å². The van der Waals surface area contributed by atoms with Crippen molar-refractivity contribution in [1.82, 2.24) is 14.7 Å².